The van der Waals surface area contributed by atoms with Crippen LogP contribution in [0.3, 0.4) is 0 Å². The summed E-state index contributed by atoms with van der Waals surface area (Å²) in [5.74, 6) is 1.32. The van der Waals surface area contributed by atoms with Gasteiger partial charge in [-0.25, -0.2) is 8.42 Å². The van der Waals surface area contributed by atoms with E-state index in [4.69, 9.17) is 0 Å². The predicted octanol–water partition coefficient (Wildman–Crippen LogP) is 3.13. The number of piperazine rings is 1. The van der Waals surface area contributed by atoms with Crippen molar-refractivity contribution in [3.63, 3.8) is 0 Å². The summed E-state index contributed by atoms with van der Waals surface area (Å²) in [6.07, 6.45) is 6.47. The molecule has 0 spiro atoms. The van der Waals surface area contributed by atoms with Crippen LogP contribution < -0.4 is 0 Å². The van der Waals surface area contributed by atoms with Gasteiger partial charge in [-0.3, -0.25) is 9.59 Å². The molecule has 3 fully saturated rings. The van der Waals surface area contributed by atoms with Crippen LogP contribution in [0, 0.1) is 0 Å². The van der Waals surface area contributed by atoms with E-state index < -0.39 is 10.0 Å². The molecule has 1 aromatic carbocycles. The fraction of sp³-hybridized carbons (Fsp3) is 0.636. The number of hydrogen-bond donors (Lipinski definition) is 0. The minimum atomic E-state index is -3.55. The van der Waals surface area contributed by atoms with Crippen molar-refractivity contribution in [2.45, 2.75) is 49.3 Å². The zero-order valence-corrected chi connectivity index (χ0v) is 19.5. The summed E-state index contributed by atoms with van der Waals surface area (Å²) in [7, 11) is -3.55. The summed E-state index contributed by atoms with van der Waals surface area (Å²) in [6.45, 7) is 2.52. The largest absolute Gasteiger partial charge is 0.340 e. The molecule has 1 aliphatic carbocycles. The van der Waals surface area contributed by atoms with Crippen LogP contribution in [-0.2, 0) is 14.8 Å². The van der Waals surface area contributed by atoms with Crippen LogP contribution >= 0.6 is 11.8 Å². The standard InChI is InChI=1S/C22H31N3O4S2/c26-21(10-11-24-16-17-30-22(24)27)23-12-14-25(15-13-23)31(28,29)20-8-6-19(7-9-20)18-4-2-1-3-5-18/h6-9,18H,1-5,10-17H2. The van der Waals surface area contributed by atoms with E-state index in [9.17, 15) is 18.0 Å². The van der Waals surface area contributed by atoms with Crippen molar-refractivity contribution in [2.24, 2.45) is 0 Å². The molecule has 7 nitrogen and oxygen atoms in total. The Morgan fingerprint density at radius 2 is 1.65 bits per heavy atom. The van der Waals surface area contributed by atoms with Crippen molar-refractivity contribution in [3.05, 3.63) is 29.8 Å². The van der Waals surface area contributed by atoms with E-state index in [1.54, 1.807) is 21.9 Å². The number of benzene rings is 1. The number of carbonyl (C=O) groups is 2. The van der Waals surface area contributed by atoms with Gasteiger partial charge in [-0.05, 0) is 36.5 Å². The monoisotopic (exact) mass is 465 g/mol. The van der Waals surface area contributed by atoms with E-state index >= 15 is 0 Å². The van der Waals surface area contributed by atoms with Crippen LogP contribution in [0.2, 0.25) is 0 Å². The second kappa shape index (κ2) is 9.92. The average Bonchev–Trinajstić information content (AvgIpc) is 3.23. The normalized spacial score (nSPS) is 21.6. The van der Waals surface area contributed by atoms with Crippen molar-refractivity contribution in [1.29, 1.82) is 0 Å². The Balaban J connectivity index is 1.30. The lowest BCUT2D eigenvalue weighted by molar-refractivity contribution is -0.132. The molecule has 1 saturated carbocycles. The summed E-state index contributed by atoms with van der Waals surface area (Å²) >= 11 is 1.29. The van der Waals surface area contributed by atoms with E-state index in [0.717, 1.165) is 5.75 Å². The van der Waals surface area contributed by atoms with Crippen molar-refractivity contribution in [3.8, 4) is 0 Å². The molecular weight excluding hydrogens is 434 g/mol. The third-order valence-electron chi connectivity index (χ3n) is 6.63. The molecule has 0 aromatic heterocycles. The van der Waals surface area contributed by atoms with Crippen LogP contribution in [0.1, 0.15) is 50.0 Å². The molecule has 0 bridgehead atoms. The zero-order chi connectivity index (χ0) is 21.8. The molecule has 170 valence electrons. The summed E-state index contributed by atoms with van der Waals surface area (Å²) in [4.78, 5) is 27.9. The van der Waals surface area contributed by atoms with Crippen molar-refractivity contribution in [2.75, 3.05) is 45.0 Å². The average molecular weight is 466 g/mol. The lowest BCUT2D eigenvalue weighted by Gasteiger charge is -2.34. The third-order valence-corrected chi connectivity index (χ3v) is 9.43. The maximum absolute atomic E-state index is 13.1. The number of hydrogen-bond acceptors (Lipinski definition) is 5. The summed E-state index contributed by atoms with van der Waals surface area (Å²) < 4.78 is 27.6. The Morgan fingerprint density at radius 3 is 2.26 bits per heavy atom. The lowest BCUT2D eigenvalue weighted by Crippen LogP contribution is -2.50. The van der Waals surface area contributed by atoms with Gasteiger partial charge in [0.15, 0.2) is 0 Å². The number of rotatable bonds is 6. The molecule has 0 unspecified atom stereocenters. The molecule has 4 rings (SSSR count). The van der Waals surface area contributed by atoms with E-state index in [2.05, 4.69) is 0 Å². The molecule has 0 atom stereocenters. The highest BCUT2D eigenvalue weighted by atomic mass is 32.2. The van der Waals surface area contributed by atoms with Gasteiger partial charge in [-0.1, -0.05) is 43.2 Å². The topological polar surface area (TPSA) is 78.0 Å². The highest BCUT2D eigenvalue weighted by molar-refractivity contribution is 8.13. The van der Waals surface area contributed by atoms with Crippen LogP contribution in [0.15, 0.2) is 29.2 Å². The van der Waals surface area contributed by atoms with Gasteiger partial charge in [0.2, 0.25) is 15.9 Å². The molecule has 9 heteroatoms. The Bertz CT molecular complexity index is 890. The molecule has 31 heavy (non-hydrogen) atoms. The first-order valence-corrected chi connectivity index (χ1v) is 13.7. The van der Waals surface area contributed by atoms with E-state index in [-0.39, 0.29) is 11.1 Å². The van der Waals surface area contributed by atoms with Crippen LogP contribution in [0.4, 0.5) is 4.79 Å². The Labute approximate surface area is 189 Å². The van der Waals surface area contributed by atoms with Crippen molar-refractivity contribution < 1.29 is 18.0 Å². The van der Waals surface area contributed by atoms with Gasteiger partial charge in [-0.15, -0.1) is 0 Å². The molecule has 2 aliphatic heterocycles. The Hall–Kier alpha value is -1.58. The minimum Gasteiger partial charge on any atom is -0.340 e. The third kappa shape index (κ3) is 5.26. The highest BCUT2D eigenvalue weighted by Gasteiger charge is 2.31. The quantitative estimate of drug-likeness (QED) is 0.645. The summed E-state index contributed by atoms with van der Waals surface area (Å²) in [5, 5.41) is 0.0400. The summed E-state index contributed by atoms with van der Waals surface area (Å²) in [5.41, 5.74) is 1.24. The molecule has 0 N–H and O–H groups in total. The van der Waals surface area contributed by atoms with E-state index in [0.29, 0.717) is 56.5 Å². The number of carbonyl (C=O) groups excluding carboxylic acids is 2. The second-order valence-electron chi connectivity index (χ2n) is 8.54. The summed E-state index contributed by atoms with van der Waals surface area (Å²) in [6, 6.07) is 7.42. The van der Waals surface area contributed by atoms with Crippen molar-refractivity contribution >= 4 is 32.9 Å². The van der Waals surface area contributed by atoms with Gasteiger partial charge in [0.05, 0.1) is 4.90 Å². The lowest BCUT2D eigenvalue weighted by atomic mass is 9.84. The predicted molar refractivity (Wildman–Crippen MR) is 122 cm³/mol. The van der Waals surface area contributed by atoms with Gasteiger partial charge in [0, 0.05) is 51.4 Å². The van der Waals surface area contributed by atoms with Crippen molar-refractivity contribution in [1.82, 2.24) is 14.1 Å². The molecule has 0 radical (unpaired) electrons. The first-order chi connectivity index (χ1) is 14.9. The van der Waals surface area contributed by atoms with Gasteiger partial charge in [-0.2, -0.15) is 4.31 Å². The fourth-order valence-corrected chi connectivity index (χ4v) is 6.97. The molecule has 2 saturated heterocycles. The van der Waals surface area contributed by atoms with Gasteiger partial charge in [0.1, 0.15) is 0 Å². The minimum absolute atomic E-state index is 0.0152. The second-order valence-corrected chi connectivity index (χ2v) is 11.5. The number of thioether (sulfide) groups is 1. The molecule has 3 aliphatic rings. The zero-order valence-electron chi connectivity index (χ0n) is 17.9. The Kier molecular flexibility index (Phi) is 7.23. The number of nitrogens with zero attached hydrogens (tertiary/aromatic N) is 3. The molecular formula is C22H31N3O4S2. The van der Waals surface area contributed by atoms with Crippen LogP contribution in [0.25, 0.3) is 0 Å². The van der Waals surface area contributed by atoms with Crippen LogP contribution in [-0.4, -0.2) is 78.7 Å². The number of amides is 2. The maximum atomic E-state index is 13.1. The molecule has 2 amide bonds. The van der Waals surface area contributed by atoms with E-state index in [1.165, 1.54) is 53.7 Å². The van der Waals surface area contributed by atoms with Gasteiger partial charge >= 0.3 is 0 Å². The van der Waals surface area contributed by atoms with E-state index in [1.807, 2.05) is 12.1 Å². The molecule has 1 aromatic rings. The first-order valence-electron chi connectivity index (χ1n) is 11.2. The maximum Gasteiger partial charge on any atom is 0.281 e. The number of sulfonamides is 1. The van der Waals surface area contributed by atoms with Gasteiger partial charge < -0.3 is 9.80 Å². The van der Waals surface area contributed by atoms with Gasteiger partial charge in [0.25, 0.3) is 5.24 Å². The highest BCUT2D eigenvalue weighted by Crippen LogP contribution is 2.33. The first kappa shape index (κ1) is 22.6. The Morgan fingerprint density at radius 1 is 0.968 bits per heavy atom. The fourth-order valence-electron chi connectivity index (χ4n) is 4.69. The SMILES string of the molecule is O=C(CCN1CCSC1=O)N1CCN(S(=O)(=O)c2ccc(C3CCCCC3)cc2)CC1. The molecule has 2 heterocycles. The smallest absolute Gasteiger partial charge is 0.281 e. The van der Waals surface area contributed by atoms with Crippen LogP contribution in [0.5, 0.6) is 0 Å².